The van der Waals surface area contributed by atoms with E-state index < -0.39 is 0 Å². The minimum absolute atomic E-state index is 0.0323. The summed E-state index contributed by atoms with van der Waals surface area (Å²) in [6.07, 6.45) is 8.59. The van der Waals surface area contributed by atoms with Gasteiger partial charge in [-0.2, -0.15) is 5.10 Å². The first-order valence-electron chi connectivity index (χ1n) is 8.59. The van der Waals surface area contributed by atoms with Crippen molar-refractivity contribution >= 4 is 5.91 Å². The van der Waals surface area contributed by atoms with Crippen LogP contribution in [0.1, 0.15) is 56.3 Å². The SMILES string of the molecule is Cc1c(C(C)NC(=O)C2CN(C3CCCCC3)C2)cnn1C. The van der Waals surface area contributed by atoms with Crippen LogP contribution in [0.5, 0.6) is 0 Å². The molecule has 22 heavy (non-hydrogen) atoms. The number of nitrogens with zero attached hydrogens (tertiary/aromatic N) is 3. The number of carbonyl (C=O) groups excluding carboxylic acids is 1. The molecule has 0 bridgehead atoms. The number of likely N-dealkylation sites (tertiary alicyclic amines) is 1. The standard InChI is InChI=1S/C17H28N4O/c1-12(16-9-18-20(3)13(16)2)19-17(22)14-10-21(11-14)15-7-5-4-6-8-15/h9,12,14-15H,4-8,10-11H2,1-3H3,(H,19,22). The Bertz CT molecular complexity index is 527. The van der Waals surface area contributed by atoms with Gasteiger partial charge in [0, 0.05) is 37.4 Å². The molecule has 1 amide bonds. The lowest BCUT2D eigenvalue weighted by molar-refractivity contribution is -0.132. The average molecular weight is 304 g/mol. The van der Waals surface area contributed by atoms with E-state index in [0.29, 0.717) is 0 Å². The molecule has 1 unspecified atom stereocenters. The van der Waals surface area contributed by atoms with Crippen LogP contribution in [0.15, 0.2) is 6.20 Å². The molecule has 1 N–H and O–H groups in total. The Balaban J connectivity index is 1.48. The van der Waals surface area contributed by atoms with E-state index in [2.05, 4.69) is 15.3 Å². The molecular weight excluding hydrogens is 276 g/mol. The molecular formula is C17H28N4O. The molecule has 1 aliphatic heterocycles. The summed E-state index contributed by atoms with van der Waals surface area (Å²) < 4.78 is 1.85. The third kappa shape index (κ3) is 3.05. The van der Waals surface area contributed by atoms with Crippen molar-refractivity contribution in [2.45, 2.75) is 58.0 Å². The van der Waals surface area contributed by atoms with E-state index in [0.717, 1.165) is 30.4 Å². The summed E-state index contributed by atoms with van der Waals surface area (Å²) in [4.78, 5) is 14.9. The Labute approximate surface area is 133 Å². The van der Waals surface area contributed by atoms with E-state index in [1.807, 2.05) is 31.8 Å². The highest BCUT2D eigenvalue weighted by molar-refractivity contribution is 5.80. The zero-order chi connectivity index (χ0) is 15.7. The maximum atomic E-state index is 12.4. The molecule has 0 spiro atoms. The van der Waals surface area contributed by atoms with Gasteiger partial charge >= 0.3 is 0 Å². The van der Waals surface area contributed by atoms with Gasteiger partial charge in [-0.15, -0.1) is 0 Å². The van der Waals surface area contributed by atoms with Crippen molar-refractivity contribution in [3.8, 4) is 0 Å². The molecule has 122 valence electrons. The second-order valence-electron chi connectivity index (χ2n) is 6.98. The lowest BCUT2D eigenvalue weighted by Crippen LogP contribution is -2.57. The van der Waals surface area contributed by atoms with E-state index in [1.54, 1.807) is 0 Å². The highest BCUT2D eigenvalue weighted by Gasteiger charge is 2.37. The van der Waals surface area contributed by atoms with Gasteiger partial charge in [-0.3, -0.25) is 14.4 Å². The van der Waals surface area contributed by atoms with Crippen molar-refractivity contribution in [3.05, 3.63) is 17.5 Å². The Morgan fingerprint density at radius 1 is 1.32 bits per heavy atom. The van der Waals surface area contributed by atoms with Gasteiger partial charge in [0.15, 0.2) is 0 Å². The minimum Gasteiger partial charge on any atom is -0.349 e. The van der Waals surface area contributed by atoms with E-state index in [-0.39, 0.29) is 17.9 Å². The summed E-state index contributed by atoms with van der Waals surface area (Å²) in [5.74, 6) is 0.365. The molecule has 5 nitrogen and oxygen atoms in total. The Morgan fingerprint density at radius 2 is 2.00 bits per heavy atom. The fourth-order valence-electron chi connectivity index (χ4n) is 3.77. The van der Waals surface area contributed by atoms with Crippen LogP contribution in [0.2, 0.25) is 0 Å². The van der Waals surface area contributed by atoms with Crippen LogP contribution in [0, 0.1) is 12.8 Å². The van der Waals surface area contributed by atoms with Crippen LogP contribution in [0.4, 0.5) is 0 Å². The topological polar surface area (TPSA) is 50.2 Å². The number of hydrogen-bond acceptors (Lipinski definition) is 3. The van der Waals surface area contributed by atoms with Crippen molar-refractivity contribution < 1.29 is 4.79 Å². The highest BCUT2D eigenvalue weighted by Crippen LogP contribution is 2.29. The van der Waals surface area contributed by atoms with E-state index >= 15 is 0 Å². The van der Waals surface area contributed by atoms with Gasteiger partial charge in [0.05, 0.1) is 18.2 Å². The largest absolute Gasteiger partial charge is 0.349 e. The van der Waals surface area contributed by atoms with Gasteiger partial charge in [-0.05, 0) is 26.7 Å². The maximum Gasteiger partial charge on any atom is 0.226 e. The molecule has 2 heterocycles. The smallest absolute Gasteiger partial charge is 0.226 e. The number of aromatic nitrogens is 2. The van der Waals surface area contributed by atoms with Crippen molar-refractivity contribution in [1.82, 2.24) is 20.0 Å². The molecule has 0 aromatic carbocycles. The number of carbonyl (C=O) groups is 1. The fourth-order valence-corrected chi connectivity index (χ4v) is 3.77. The third-order valence-corrected chi connectivity index (χ3v) is 5.47. The van der Waals surface area contributed by atoms with Gasteiger partial charge < -0.3 is 5.32 Å². The lowest BCUT2D eigenvalue weighted by atomic mass is 9.88. The van der Waals surface area contributed by atoms with Crippen molar-refractivity contribution in [2.75, 3.05) is 13.1 Å². The molecule has 2 aliphatic rings. The summed E-state index contributed by atoms with van der Waals surface area (Å²) in [6, 6.07) is 0.765. The molecule has 3 rings (SSSR count). The van der Waals surface area contributed by atoms with Crippen molar-refractivity contribution in [3.63, 3.8) is 0 Å². The Hall–Kier alpha value is -1.36. The molecule has 1 aliphatic carbocycles. The Morgan fingerprint density at radius 3 is 2.59 bits per heavy atom. The van der Waals surface area contributed by atoms with Crippen LogP contribution in [0.25, 0.3) is 0 Å². The van der Waals surface area contributed by atoms with Crippen LogP contribution in [0.3, 0.4) is 0 Å². The lowest BCUT2D eigenvalue weighted by Gasteiger charge is -2.45. The van der Waals surface area contributed by atoms with E-state index in [1.165, 1.54) is 32.1 Å². The van der Waals surface area contributed by atoms with Gasteiger partial charge in [0.25, 0.3) is 0 Å². The number of hydrogen-bond donors (Lipinski definition) is 1. The molecule has 0 radical (unpaired) electrons. The van der Waals surface area contributed by atoms with E-state index in [9.17, 15) is 4.79 Å². The quantitative estimate of drug-likeness (QED) is 0.927. The first kappa shape index (κ1) is 15.5. The monoisotopic (exact) mass is 304 g/mol. The minimum atomic E-state index is 0.0323. The number of rotatable bonds is 4. The normalized spacial score (nSPS) is 22.3. The van der Waals surface area contributed by atoms with Crippen molar-refractivity contribution in [1.29, 1.82) is 0 Å². The maximum absolute atomic E-state index is 12.4. The second-order valence-corrected chi connectivity index (χ2v) is 6.98. The molecule has 1 saturated carbocycles. The number of aryl methyl sites for hydroxylation is 1. The molecule has 5 heteroatoms. The van der Waals surface area contributed by atoms with Crippen LogP contribution >= 0.6 is 0 Å². The number of amides is 1. The van der Waals surface area contributed by atoms with Crippen LogP contribution in [-0.2, 0) is 11.8 Å². The predicted octanol–water partition coefficient (Wildman–Crippen LogP) is 2.17. The summed E-state index contributed by atoms with van der Waals surface area (Å²) in [6.45, 7) is 5.96. The second kappa shape index (κ2) is 6.41. The molecule has 1 atom stereocenters. The van der Waals surface area contributed by atoms with Crippen LogP contribution in [-0.4, -0.2) is 39.7 Å². The fraction of sp³-hybridized carbons (Fsp3) is 0.765. The van der Waals surface area contributed by atoms with Gasteiger partial charge in [0.2, 0.25) is 5.91 Å². The highest BCUT2D eigenvalue weighted by atomic mass is 16.2. The van der Waals surface area contributed by atoms with Crippen LogP contribution < -0.4 is 5.32 Å². The Kier molecular flexibility index (Phi) is 4.52. The average Bonchev–Trinajstić information content (AvgIpc) is 2.78. The summed E-state index contributed by atoms with van der Waals surface area (Å²) in [5, 5.41) is 7.41. The summed E-state index contributed by atoms with van der Waals surface area (Å²) >= 11 is 0. The first-order chi connectivity index (χ1) is 10.6. The molecule has 2 fully saturated rings. The summed E-state index contributed by atoms with van der Waals surface area (Å²) in [7, 11) is 1.93. The van der Waals surface area contributed by atoms with E-state index in [4.69, 9.17) is 0 Å². The first-order valence-corrected chi connectivity index (χ1v) is 8.59. The predicted molar refractivity (Wildman–Crippen MR) is 86.4 cm³/mol. The van der Waals surface area contributed by atoms with Gasteiger partial charge in [0.1, 0.15) is 0 Å². The van der Waals surface area contributed by atoms with Crippen molar-refractivity contribution in [2.24, 2.45) is 13.0 Å². The number of nitrogens with one attached hydrogen (secondary N) is 1. The summed E-state index contributed by atoms with van der Waals surface area (Å²) in [5.41, 5.74) is 2.23. The zero-order valence-electron chi connectivity index (χ0n) is 14.0. The molecule has 1 aromatic heterocycles. The van der Waals surface area contributed by atoms with Gasteiger partial charge in [-0.25, -0.2) is 0 Å². The zero-order valence-corrected chi connectivity index (χ0v) is 14.0. The molecule has 1 aromatic rings. The molecule has 1 saturated heterocycles. The van der Waals surface area contributed by atoms with Gasteiger partial charge in [-0.1, -0.05) is 19.3 Å². The third-order valence-electron chi connectivity index (χ3n) is 5.47.